The largest absolute Gasteiger partial charge is 0.496 e. The van der Waals surface area contributed by atoms with E-state index in [1.165, 1.54) is 19.2 Å². The Morgan fingerprint density at radius 1 is 1.19 bits per heavy atom. The summed E-state index contributed by atoms with van der Waals surface area (Å²) in [5.41, 5.74) is 0.823. The van der Waals surface area contributed by atoms with E-state index in [4.69, 9.17) is 17.0 Å². The van der Waals surface area contributed by atoms with Crippen LogP contribution in [0, 0.1) is 5.82 Å². The van der Waals surface area contributed by atoms with Crippen LogP contribution >= 0.6 is 12.2 Å². The molecule has 0 saturated carbocycles. The van der Waals surface area contributed by atoms with Crippen molar-refractivity contribution in [3.05, 3.63) is 59.9 Å². The van der Waals surface area contributed by atoms with Crippen molar-refractivity contribution in [3.8, 4) is 5.75 Å². The Balaban J connectivity index is 2.04. The van der Waals surface area contributed by atoms with Crippen LogP contribution < -0.4 is 15.4 Å². The molecule has 21 heavy (non-hydrogen) atoms. The minimum atomic E-state index is -0.402. The van der Waals surface area contributed by atoms with Gasteiger partial charge in [0.2, 0.25) is 0 Å². The van der Waals surface area contributed by atoms with Crippen molar-refractivity contribution in [1.29, 1.82) is 0 Å². The quantitative estimate of drug-likeness (QED) is 0.856. The molecule has 0 saturated heterocycles. The maximum absolute atomic E-state index is 13.1. The molecular formula is C15H13FN2O2S. The summed E-state index contributed by atoms with van der Waals surface area (Å²) in [5.74, 6) is -0.344. The molecule has 2 rings (SSSR count). The van der Waals surface area contributed by atoms with Gasteiger partial charge in [-0.2, -0.15) is 0 Å². The van der Waals surface area contributed by atoms with E-state index in [0.29, 0.717) is 17.0 Å². The van der Waals surface area contributed by atoms with E-state index < -0.39 is 5.91 Å². The molecule has 2 N–H and O–H groups in total. The number of carbonyl (C=O) groups excluding carboxylic acids is 1. The number of methoxy groups -OCH3 is 1. The average Bonchev–Trinajstić information content (AvgIpc) is 2.47. The third kappa shape index (κ3) is 4.00. The first-order valence-corrected chi connectivity index (χ1v) is 6.52. The second-order valence-electron chi connectivity index (χ2n) is 4.12. The second kappa shape index (κ2) is 6.81. The zero-order valence-corrected chi connectivity index (χ0v) is 12.0. The number of anilines is 1. The smallest absolute Gasteiger partial charge is 0.261 e. The van der Waals surface area contributed by atoms with Crippen LogP contribution in [0.3, 0.4) is 0 Å². The summed E-state index contributed by atoms with van der Waals surface area (Å²) in [6.07, 6.45) is 0. The van der Waals surface area contributed by atoms with E-state index >= 15 is 0 Å². The second-order valence-corrected chi connectivity index (χ2v) is 4.53. The summed E-state index contributed by atoms with van der Waals surface area (Å²) in [7, 11) is 1.48. The molecule has 0 unspecified atom stereocenters. The van der Waals surface area contributed by atoms with E-state index in [1.54, 1.807) is 36.4 Å². The number of nitrogens with one attached hydrogen (secondary N) is 2. The fourth-order valence-corrected chi connectivity index (χ4v) is 1.94. The van der Waals surface area contributed by atoms with Gasteiger partial charge in [-0.05, 0) is 42.5 Å². The Kier molecular flexibility index (Phi) is 4.84. The molecule has 6 heteroatoms. The molecule has 0 spiro atoms. The molecule has 0 aliphatic heterocycles. The van der Waals surface area contributed by atoms with Crippen molar-refractivity contribution in [2.24, 2.45) is 0 Å². The van der Waals surface area contributed by atoms with Gasteiger partial charge >= 0.3 is 0 Å². The van der Waals surface area contributed by atoms with Gasteiger partial charge in [0.05, 0.1) is 12.7 Å². The van der Waals surface area contributed by atoms with E-state index in [-0.39, 0.29) is 10.9 Å². The minimum absolute atomic E-state index is 0.0801. The number of ether oxygens (including phenoxy) is 1. The molecule has 0 aliphatic rings. The topological polar surface area (TPSA) is 50.4 Å². The lowest BCUT2D eigenvalue weighted by Gasteiger charge is -2.11. The van der Waals surface area contributed by atoms with Crippen LogP contribution in [0.1, 0.15) is 10.4 Å². The molecular weight excluding hydrogens is 291 g/mol. The number of benzene rings is 2. The molecule has 0 heterocycles. The Morgan fingerprint density at radius 3 is 2.67 bits per heavy atom. The van der Waals surface area contributed by atoms with Crippen LogP contribution in [0.5, 0.6) is 5.75 Å². The van der Waals surface area contributed by atoms with Crippen molar-refractivity contribution in [2.45, 2.75) is 0 Å². The number of carbonyl (C=O) groups is 1. The highest BCUT2D eigenvalue weighted by molar-refractivity contribution is 7.80. The number of para-hydroxylation sites is 1. The summed E-state index contributed by atoms with van der Waals surface area (Å²) in [5, 5.41) is 5.34. The van der Waals surface area contributed by atoms with Crippen LogP contribution in [-0.2, 0) is 0 Å². The lowest BCUT2D eigenvalue weighted by Crippen LogP contribution is -2.34. The SMILES string of the molecule is COc1ccccc1C(=O)NC(=S)Nc1cccc(F)c1. The maximum atomic E-state index is 13.1. The number of amides is 1. The van der Waals surface area contributed by atoms with Crippen LogP contribution in [0.4, 0.5) is 10.1 Å². The molecule has 0 atom stereocenters. The first-order chi connectivity index (χ1) is 10.1. The Labute approximate surface area is 126 Å². The monoisotopic (exact) mass is 304 g/mol. The third-order valence-corrected chi connectivity index (χ3v) is 2.87. The highest BCUT2D eigenvalue weighted by Gasteiger charge is 2.12. The molecule has 108 valence electrons. The average molecular weight is 304 g/mol. The van der Waals surface area contributed by atoms with Gasteiger partial charge in [0.15, 0.2) is 5.11 Å². The zero-order valence-electron chi connectivity index (χ0n) is 11.2. The number of thiocarbonyl (C=S) groups is 1. The summed E-state index contributed by atoms with van der Waals surface area (Å²) in [6.45, 7) is 0. The number of rotatable bonds is 3. The zero-order chi connectivity index (χ0) is 15.2. The van der Waals surface area contributed by atoms with Crippen LogP contribution in [0.15, 0.2) is 48.5 Å². The summed E-state index contributed by atoms with van der Waals surface area (Å²) in [6, 6.07) is 12.6. The molecule has 1 amide bonds. The fourth-order valence-electron chi connectivity index (χ4n) is 1.73. The van der Waals surface area contributed by atoms with Gasteiger partial charge < -0.3 is 10.1 Å². The van der Waals surface area contributed by atoms with Gasteiger partial charge in [-0.15, -0.1) is 0 Å². The lowest BCUT2D eigenvalue weighted by atomic mass is 10.2. The van der Waals surface area contributed by atoms with E-state index in [1.807, 2.05) is 0 Å². The molecule has 2 aromatic rings. The Hall–Kier alpha value is -2.47. The van der Waals surface area contributed by atoms with Crippen LogP contribution in [0.2, 0.25) is 0 Å². The van der Waals surface area contributed by atoms with Crippen LogP contribution in [-0.4, -0.2) is 18.1 Å². The minimum Gasteiger partial charge on any atom is -0.496 e. The predicted molar refractivity (Wildman–Crippen MR) is 83.1 cm³/mol. The normalized spacial score (nSPS) is 9.81. The number of halogens is 1. The standard InChI is InChI=1S/C15H13FN2O2S/c1-20-13-8-3-2-7-12(13)14(19)18-15(21)17-11-6-4-5-10(16)9-11/h2-9H,1H3,(H2,17,18,19,21). The Morgan fingerprint density at radius 2 is 1.95 bits per heavy atom. The summed E-state index contributed by atoms with van der Waals surface area (Å²) in [4.78, 5) is 12.1. The molecule has 0 aromatic heterocycles. The molecule has 2 aromatic carbocycles. The van der Waals surface area contributed by atoms with Crippen molar-refractivity contribution in [2.75, 3.05) is 12.4 Å². The molecule has 0 bridgehead atoms. The van der Waals surface area contributed by atoms with Gasteiger partial charge in [-0.25, -0.2) is 4.39 Å². The van der Waals surface area contributed by atoms with Gasteiger partial charge in [0.25, 0.3) is 5.91 Å². The lowest BCUT2D eigenvalue weighted by molar-refractivity contribution is 0.0975. The van der Waals surface area contributed by atoms with Crippen LogP contribution in [0.25, 0.3) is 0 Å². The van der Waals surface area contributed by atoms with E-state index in [0.717, 1.165) is 0 Å². The van der Waals surface area contributed by atoms with Gasteiger partial charge in [-0.3, -0.25) is 10.1 Å². The summed E-state index contributed by atoms with van der Waals surface area (Å²) < 4.78 is 18.2. The van der Waals surface area contributed by atoms with E-state index in [2.05, 4.69) is 10.6 Å². The van der Waals surface area contributed by atoms with Crippen molar-refractivity contribution >= 4 is 28.9 Å². The highest BCUT2D eigenvalue weighted by Crippen LogP contribution is 2.17. The van der Waals surface area contributed by atoms with E-state index in [9.17, 15) is 9.18 Å². The first-order valence-electron chi connectivity index (χ1n) is 6.11. The number of hydrogen-bond acceptors (Lipinski definition) is 3. The highest BCUT2D eigenvalue weighted by atomic mass is 32.1. The summed E-state index contributed by atoms with van der Waals surface area (Å²) >= 11 is 5.03. The Bertz CT molecular complexity index is 676. The number of hydrogen-bond donors (Lipinski definition) is 2. The molecule has 0 radical (unpaired) electrons. The molecule has 0 fully saturated rings. The van der Waals surface area contributed by atoms with Crippen molar-refractivity contribution < 1.29 is 13.9 Å². The fraction of sp³-hybridized carbons (Fsp3) is 0.0667. The van der Waals surface area contributed by atoms with Gasteiger partial charge in [0, 0.05) is 5.69 Å². The van der Waals surface area contributed by atoms with Gasteiger partial charge in [0.1, 0.15) is 11.6 Å². The molecule has 0 aliphatic carbocycles. The van der Waals surface area contributed by atoms with Crippen molar-refractivity contribution in [3.63, 3.8) is 0 Å². The first kappa shape index (κ1) is 14.9. The maximum Gasteiger partial charge on any atom is 0.261 e. The van der Waals surface area contributed by atoms with Gasteiger partial charge in [-0.1, -0.05) is 18.2 Å². The molecule has 4 nitrogen and oxygen atoms in total. The van der Waals surface area contributed by atoms with Crippen molar-refractivity contribution in [1.82, 2.24) is 5.32 Å². The third-order valence-electron chi connectivity index (χ3n) is 2.66. The predicted octanol–water partition coefficient (Wildman–Crippen LogP) is 2.96.